The van der Waals surface area contributed by atoms with Crippen LogP contribution < -0.4 is 16.0 Å². The molecule has 0 heterocycles. The maximum absolute atomic E-state index is 13.5. The molecular weight excluding hydrogens is 357 g/mol. The summed E-state index contributed by atoms with van der Waals surface area (Å²) >= 11 is 0. The average Bonchev–Trinajstić information content (AvgIpc) is 2.57. The summed E-state index contributed by atoms with van der Waals surface area (Å²) in [6.45, 7) is 6.57. The molecule has 0 aromatic heterocycles. The lowest BCUT2D eigenvalue weighted by atomic mass is 10.1. The van der Waals surface area contributed by atoms with Crippen molar-refractivity contribution in [2.24, 2.45) is 0 Å². The van der Waals surface area contributed by atoms with Crippen LogP contribution in [0, 0.1) is 12.3 Å². The average molecular weight is 376 g/mol. The number of anilines is 3. The number of rotatable bonds is 4. The van der Waals surface area contributed by atoms with Gasteiger partial charge < -0.3 is 16.0 Å². The van der Waals surface area contributed by atoms with Gasteiger partial charge in [0.05, 0.1) is 11.3 Å². The molecule has 27 heavy (non-hydrogen) atoms. The van der Waals surface area contributed by atoms with Gasteiger partial charge in [-0.15, -0.1) is 0 Å². The normalized spacial score (nSPS) is 11.0. The minimum atomic E-state index is -4.68. The number of nitrogens with zero attached hydrogens (tertiary/aromatic N) is 1. The molecule has 0 aliphatic rings. The van der Waals surface area contributed by atoms with Crippen molar-refractivity contribution < 1.29 is 18.0 Å². The second-order valence-electron chi connectivity index (χ2n) is 5.89. The zero-order chi connectivity index (χ0) is 20.4. The Balaban J connectivity index is 2.41. The molecule has 2 aromatic carbocycles. The monoisotopic (exact) mass is 376 g/mol. The molecule has 142 valence electrons. The van der Waals surface area contributed by atoms with Gasteiger partial charge in [0.25, 0.3) is 5.91 Å². The Morgan fingerprint density at radius 3 is 2.44 bits per heavy atom. The zero-order valence-electron chi connectivity index (χ0n) is 14.8. The number of hydrogen-bond acceptors (Lipinski definition) is 3. The third-order valence-corrected chi connectivity index (χ3v) is 3.90. The van der Waals surface area contributed by atoms with E-state index >= 15 is 0 Å². The highest BCUT2D eigenvalue weighted by molar-refractivity contribution is 6.05. The zero-order valence-corrected chi connectivity index (χ0v) is 14.8. The van der Waals surface area contributed by atoms with Crippen LogP contribution in [-0.4, -0.2) is 11.7 Å². The number of carbonyl (C=O) groups is 1. The highest BCUT2D eigenvalue weighted by Crippen LogP contribution is 2.38. The summed E-state index contributed by atoms with van der Waals surface area (Å²) < 4.78 is 40.5. The molecular formula is C19H19F3N4O. The van der Waals surface area contributed by atoms with Gasteiger partial charge in [0, 0.05) is 23.1 Å². The van der Waals surface area contributed by atoms with E-state index in [2.05, 4.69) is 11.9 Å². The van der Waals surface area contributed by atoms with Crippen LogP contribution in [0.4, 0.5) is 30.2 Å². The highest BCUT2D eigenvalue weighted by atomic mass is 19.4. The summed E-state index contributed by atoms with van der Waals surface area (Å²) in [6.07, 6.45) is -3.55. The van der Waals surface area contributed by atoms with Crippen LogP contribution >= 0.6 is 0 Å². The summed E-state index contributed by atoms with van der Waals surface area (Å²) in [6, 6.07) is 7.99. The summed E-state index contributed by atoms with van der Waals surface area (Å²) in [5, 5.41) is 10.1. The van der Waals surface area contributed by atoms with Gasteiger partial charge in [-0.25, -0.2) is 0 Å². The molecule has 0 aliphatic carbocycles. The maximum atomic E-state index is 13.5. The molecule has 0 unspecified atom stereocenters. The van der Waals surface area contributed by atoms with Crippen molar-refractivity contribution in [3.63, 3.8) is 0 Å². The van der Waals surface area contributed by atoms with E-state index in [1.165, 1.54) is 31.2 Å². The van der Waals surface area contributed by atoms with E-state index in [4.69, 9.17) is 11.1 Å². The first kappa shape index (κ1) is 20.0. The number of carbonyl (C=O) groups excluding carboxylic acids is 1. The smallest absolute Gasteiger partial charge is 0.398 e. The highest BCUT2D eigenvalue weighted by Gasteiger charge is 2.35. The van der Waals surface area contributed by atoms with Crippen LogP contribution in [0.5, 0.6) is 0 Å². The molecule has 2 rings (SSSR count). The summed E-state index contributed by atoms with van der Waals surface area (Å²) in [5.74, 6) is -0.700. The van der Waals surface area contributed by atoms with E-state index in [9.17, 15) is 18.0 Å². The molecule has 0 saturated heterocycles. The molecule has 5 nitrogen and oxygen atoms in total. The Kier molecular flexibility index (Phi) is 5.58. The molecule has 0 spiro atoms. The van der Waals surface area contributed by atoms with Crippen molar-refractivity contribution in [3.8, 4) is 0 Å². The Bertz CT molecular complexity index is 906. The van der Waals surface area contributed by atoms with Gasteiger partial charge in [0.2, 0.25) is 0 Å². The lowest BCUT2D eigenvalue weighted by Crippen LogP contribution is -2.24. The molecule has 0 radical (unpaired) electrons. The molecule has 0 aliphatic heterocycles. The Hall–Kier alpha value is -3.29. The third kappa shape index (κ3) is 4.46. The molecule has 2 aromatic rings. The van der Waals surface area contributed by atoms with Crippen molar-refractivity contribution in [2.45, 2.75) is 20.0 Å². The predicted octanol–water partition coefficient (Wildman–Crippen LogP) is 4.80. The van der Waals surface area contributed by atoms with Crippen molar-refractivity contribution in [1.82, 2.24) is 0 Å². The maximum Gasteiger partial charge on any atom is 0.418 e. The number of amidine groups is 1. The van der Waals surface area contributed by atoms with Crippen molar-refractivity contribution in [1.29, 1.82) is 5.41 Å². The van der Waals surface area contributed by atoms with E-state index in [-0.39, 0.29) is 22.8 Å². The number of nitrogen functional groups attached to an aromatic ring is 1. The first-order valence-corrected chi connectivity index (χ1v) is 7.90. The number of benzene rings is 2. The van der Waals surface area contributed by atoms with Crippen LogP contribution in [0.1, 0.15) is 28.4 Å². The van der Waals surface area contributed by atoms with Crippen LogP contribution in [0.2, 0.25) is 0 Å². The minimum Gasteiger partial charge on any atom is -0.398 e. The second-order valence-corrected chi connectivity index (χ2v) is 5.89. The Morgan fingerprint density at radius 2 is 1.93 bits per heavy atom. The molecule has 0 saturated carbocycles. The molecule has 4 N–H and O–H groups in total. The predicted molar refractivity (Wildman–Crippen MR) is 101 cm³/mol. The van der Waals surface area contributed by atoms with Gasteiger partial charge in [-0.1, -0.05) is 12.6 Å². The van der Waals surface area contributed by atoms with Gasteiger partial charge in [-0.2, -0.15) is 13.2 Å². The van der Waals surface area contributed by atoms with E-state index in [0.29, 0.717) is 5.69 Å². The number of halogens is 3. The van der Waals surface area contributed by atoms with Crippen LogP contribution in [0.15, 0.2) is 49.2 Å². The number of hydrogen-bond donors (Lipinski definition) is 3. The van der Waals surface area contributed by atoms with Gasteiger partial charge >= 0.3 is 6.18 Å². The lowest BCUT2D eigenvalue weighted by molar-refractivity contribution is -0.137. The topological polar surface area (TPSA) is 82.2 Å². The summed E-state index contributed by atoms with van der Waals surface area (Å²) in [4.78, 5) is 13.3. The first-order valence-electron chi connectivity index (χ1n) is 7.90. The van der Waals surface area contributed by atoms with Gasteiger partial charge in [0.15, 0.2) is 0 Å². The standard InChI is InChI=1S/C19H19F3N4O/c1-4-26(12(3)23)17-8-7-14(10-15(17)19(20,21)22)25-18(27)13-6-5-11(2)16(24)9-13/h4-10,23H,1,24H2,2-3H3,(H,25,27). The fourth-order valence-electron chi connectivity index (χ4n) is 2.45. The minimum absolute atomic E-state index is 0.0260. The third-order valence-electron chi connectivity index (χ3n) is 3.90. The SMILES string of the molecule is C=CN(C(C)=N)c1ccc(NC(=O)c2ccc(C)c(N)c2)cc1C(F)(F)F. The van der Waals surface area contributed by atoms with E-state index in [1.807, 2.05) is 0 Å². The molecule has 0 atom stereocenters. The van der Waals surface area contributed by atoms with Gasteiger partial charge in [0.1, 0.15) is 5.84 Å². The number of aryl methyl sites for hydroxylation is 1. The Morgan fingerprint density at radius 1 is 1.26 bits per heavy atom. The van der Waals surface area contributed by atoms with E-state index < -0.39 is 17.6 Å². The van der Waals surface area contributed by atoms with E-state index in [0.717, 1.165) is 22.7 Å². The van der Waals surface area contributed by atoms with Crippen molar-refractivity contribution in [2.75, 3.05) is 16.0 Å². The van der Waals surface area contributed by atoms with Crippen LogP contribution in [0.25, 0.3) is 0 Å². The van der Waals surface area contributed by atoms with Gasteiger partial charge in [-0.05, 0) is 49.7 Å². The number of amides is 1. The quantitative estimate of drug-likeness (QED) is 0.407. The number of nitrogens with two attached hydrogens (primary N) is 1. The van der Waals surface area contributed by atoms with Gasteiger partial charge in [-0.3, -0.25) is 10.2 Å². The molecule has 0 bridgehead atoms. The lowest BCUT2D eigenvalue weighted by Gasteiger charge is -2.23. The summed E-state index contributed by atoms with van der Waals surface area (Å²) in [7, 11) is 0. The number of nitrogens with one attached hydrogen (secondary N) is 2. The molecule has 8 heteroatoms. The fourth-order valence-corrected chi connectivity index (χ4v) is 2.45. The molecule has 0 fully saturated rings. The van der Waals surface area contributed by atoms with Crippen LogP contribution in [-0.2, 0) is 6.18 Å². The second kappa shape index (κ2) is 7.53. The van der Waals surface area contributed by atoms with Crippen LogP contribution in [0.3, 0.4) is 0 Å². The van der Waals surface area contributed by atoms with Crippen molar-refractivity contribution in [3.05, 3.63) is 65.9 Å². The van der Waals surface area contributed by atoms with Crippen molar-refractivity contribution >= 4 is 28.8 Å². The van der Waals surface area contributed by atoms with E-state index in [1.54, 1.807) is 13.0 Å². The number of alkyl halides is 3. The Labute approximate surface area is 154 Å². The largest absolute Gasteiger partial charge is 0.418 e. The fraction of sp³-hybridized carbons (Fsp3) is 0.158. The molecule has 1 amide bonds. The first-order chi connectivity index (χ1) is 12.5. The summed E-state index contributed by atoms with van der Waals surface area (Å²) in [5.41, 5.74) is 5.94.